The first kappa shape index (κ1) is 16.9. The molecule has 0 spiro atoms. The highest BCUT2D eigenvalue weighted by atomic mass is 35.5. The van der Waals surface area contributed by atoms with E-state index >= 15 is 0 Å². The lowest BCUT2D eigenvalue weighted by Crippen LogP contribution is -2.48. The number of nitrogens with one attached hydrogen (secondary N) is 1. The van der Waals surface area contributed by atoms with Gasteiger partial charge in [0.1, 0.15) is 8.07 Å². The Kier molecular flexibility index (Phi) is 5.42. The third-order valence-corrected chi connectivity index (χ3v) is 11.1. The fraction of sp³-hybridized carbons (Fsp3) is 0.500. The Balaban J connectivity index is 2.75. The topological polar surface area (TPSA) is 36.0 Å². The third kappa shape index (κ3) is 2.89. The van der Waals surface area contributed by atoms with Gasteiger partial charge in [-0.1, -0.05) is 62.1 Å². The molecule has 5 heteroatoms. The molecule has 1 aromatic carbocycles. The van der Waals surface area contributed by atoms with E-state index in [4.69, 9.17) is 23.2 Å². The lowest BCUT2D eigenvalue weighted by molar-refractivity contribution is 0.300. The summed E-state index contributed by atoms with van der Waals surface area (Å²) >= 11 is 12.3. The van der Waals surface area contributed by atoms with Gasteiger partial charge in [0.05, 0.1) is 10.0 Å². The Morgan fingerprint density at radius 1 is 1.05 bits per heavy atom. The summed E-state index contributed by atoms with van der Waals surface area (Å²) in [6.07, 6.45) is 0.669. The van der Waals surface area contributed by atoms with Crippen molar-refractivity contribution in [1.82, 2.24) is 4.98 Å². The smallest absolute Gasteiger partial charge is 0.107 e. The summed E-state index contributed by atoms with van der Waals surface area (Å²) in [6.45, 7) is 7.01. The standard InChI is InChI=1S/C16H23Cl2NOSi/c1-4-21(5-2,6-3)16-11(7-8-20)12-9-13(17)14(18)10-15(12)19-16/h9-10,19-20H,4-8H2,1-3H3. The van der Waals surface area contributed by atoms with E-state index < -0.39 is 8.07 Å². The van der Waals surface area contributed by atoms with Gasteiger partial charge >= 0.3 is 0 Å². The molecule has 2 aromatic rings. The van der Waals surface area contributed by atoms with E-state index in [0.717, 1.165) is 10.9 Å². The van der Waals surface area contributed by atoms with Crippen molar-refractivity contribution in [3.05, 3.63) is 27.7 Å². The SMILES string of the molecule is CC[Si](CC)(CC)c1[nH]c2cc(Cl)c(Cl)cc2c1CCO. The molecule has 0 amide bonds. The summed E-state index contributed by atoms with van der Waals surface area (Å²) in [5.74, 6) is 0. The lowest BCUT2D eigenvalue weighted by Gasteiger charge is -2.28. The summed E-state index contributed by atoms with van der Waals surface area (Å²) in [6, 6.07) is 7.44. The van der Waals surface area contributed by atoms with Gasteiger partial charge in [0.15, 0.2) is 0 Å². The maximum absolute atomic E-state index is 9.47. The van der Waals surface area contributed by atoms with E-state index in [9.17, 15) is 5.11 Å². The summed E-state index contributed by atoms with van der Waals surface area (Å²) in [4.78, 5) is 3.62. The first-order chi connectivity index (χ1) is 10.0. The second-order valence-corrected chi connectivity index (χ2v) is 11.6. The number of hydrogen-bond acceptors (Lipinski definition) is 1. The molecule has 0 unspecified atom stereocenters. The highest BCUT2D eigenvalue weighted by molar-refractivity contribution is 6.91. The summed E-state index contributed by atoms with van der Waals surface area (Å²) < 4.78 is 0. The minimum absolute atomic E-state index is 0.155. The van der Waals surface area contributed by atoms with Gasteiger partial charge in [-0.15, -0.1) is 0 Å². The number of aliphatic hydroxyl groups is 1. The number of fused-ring (bicyclic) bond motifs is 1. The van der Waals surface area contributed by atoms with E-state index in [-0.39, 0.29) is 6.61 Å². The van der Waals surface area contributed by atoms with Crippen LogP contribution in [0.2, 0.25) is 28.2 Å². The number of aromatic amines is 1. The Bertz CT molecular complexity index is 626. The van der Waals surface area contributed by atoms with Crippen LogP contribution in [0.3, 0.4) is 0 Å². The summed E-state index contributed by atoms with van der Waals surface area (Å²) in [7, 11) is -1.55. The van der Waals surface area contributed by atoms with E-state index in [2.05, 4.69) is 25.8 Å². The molecule has 2 N–H and O–H groups in total. The van der Waals surface area contributed by atoms with Crippen LogP contribution in [0.15, 0.2) is 12.1 Å². The van der Waals surface area contributed by atoms with Crippen LogP contribution >= 0.6 is 23.2 Å². The van der Waals surface area contributed by atoms with Crippen molar-refractivity contribution in [1.29, 1.82) is 0 Å². The zero-order valence-electron chi connectivity index (χ0n) is 12.9. The van der Waals surface area contributed by atoms with Crippen LogP contribution in [0.4, 0.5) is 0 Å². The first-order valence-electron chi connectivity index (χ1n) is 7.63. The van der Waals surface area contributed by atoms with Gasteiger partial charge < -0.3 is 10.1 Å². The van der Waals surface area contributed by atoms with Gasteiger partial charge in [0.25, 0.3) is 0 Å². The van der Waals surface area contributed by atoms with Crippen molar-refractivity contribution >= 4 is 47.5 Å². The Morgan fingerprint density at radius 3 is 2.14 bits per heavy atom. The monoisotopic (exact) mass is 343 g/mol. The van der Waals surface area contributed by atoms with Gasteiger partial charge in [0.2, 0.25) is 0 Å². The fourth-order valence-corrected chi connectivity index (χ4v) is 7.54. The molecular formula is C16H23Cl2NOSi. The quantitative estimate of drug-likeness (QED) is 0.731. The molecular weight excluding hydrogens is 321 g/mol. The van der Waals surface area contributed by atoms with E-state index in [1.165, 1.54) is 29.0 Å². The van der Waals surface area contributed by atoms with Crippen molar-refractivity contribution in [2.75, 3.05) is 6.61 Å². The lowest BCUT2D eigenvalue weighted by atomic mass is 10.1. The Hall–Kier alpha value is -0.483. The highest BCUT2D eigenvalue weighted by Crippen LogP contribution is 2.31. The third-order valence-electron chi connectivity index (χ3n) is 4.87. The molecule has 0 saturated heterocycles. The van der Waals surface area contributed by atoms with Crippen molar-refractivity contribution < 1.29 is 5.11 Å². The van der Waals surface area contributed by atoms with Gasteiger partial charge in [-0.3, -0.25) is 0 Å². The molecule has 0 aliphatic heterocycles. The number of aromatic nitrogens is 1. The van der Waals surface area contributed by atoms with Gasteiger partial charge in [0, 0.05) is 22.8 Å². The number of H-pyrrole nitrogens is 1. The normalized spacial score (nSPS) is 12.3. The van der Waals surface area contributed by atoms with Crippen LogP contribution in [0.25, 0.3) is 10.9 Å². The molecule has 1 heterocycles. The predicted molar refractivity (Wildman–Crippen MR) is 95.9 cm³/mol. The van der Waals surface area contributed by atoms with Crippen LogP contribution in [0, 0.1) is 0 Å². The molecule has 0 aliphatic carbocycles. The number of rotatable bonds is 6. The summed E-state index contributed by atoms with van der Waals surface area (Å²) in [5.41, 5.74) is 2.28. The molecule has 21 heavy (non-hydrogen) atoms. The van der Waals surface area contributed by atoms with E-state index in [1.54, 1.807) is 0 Å². The average Bonchev–Trinajstić information content (AvgIpc) is 2.82. The molecule has 0 atom stereocenters. The van der Waals surface area contributed by atoms with Gasteiger partial charge in [-0.2, -0.15) is 0 Å². The molecule has 2 rings (SSSR count). The van der Waals surface area contributed by atoms with Crippen LogP contribution in [-0.2, 0) is 6.42 Å². The first-order valence-corrected chi connectivity index (χ1v) is 11.0. The number of aliphatic hydroxyl groups excluding tert-OH is 1. The van der Waals surface area contributed by atoms with Crippen LogP contribution in [0.1, 0.15) is 26.3 Å². The highest BCUT2D eigenvalue weighted by Gasteiger charge is 2.33. The molecule has 1 aromatic heterocycles. The largest absolute Gasteiger partial charge is 0.396 e. The van der Waals surface area contributed by atoms with Crippen LogP contribution < -0.4 is 5.32 Å². The second kappa shape index (κ2) is 6.74. The fourth-order valence-electron chi connectivity index (χ4n) is 3.35. The summed E-state index contributed by atoms with van der Waals surface area (Å²) in [5, 5.41) is 13.1. The number of hydrogen-bond donors (Lipinski definition) is 2. The zero-order valence-corrected chi connectivity index (χ0v) is 15.4. The van der Waals surface area contributed by atoms with Crippen molar-refractivity contribution in [2.24, 2.45) is 0 Å². The van der Waals surface area contributed by atoms with Crippen LogP contribution in [-0.4, -0.2) is 24.8 Å². The van der Waals surface area contributed by atoms with Crippen molar-refractivity contribution in [2.45, 2.75) is 45.3 Å². The van der Waals surface area contributed by atoms with E-state index in [1.807, 2.05) is 12.1 Å². The Labute approximate surface area is 137 Å². The zero-order chi connectivity index (χ0) is 15.6. The Morgan fingerprint density at radius 2 is 1.62 bits per heavy atom. The predicted octanol–water partition coefficient (Wildman–Crippen LogP) is 4.73. The maximum atomic E-state index is 9.47. The van der Waals surface area contributed by atoms with Gasteiger partial charge in [-0.25, -0.2) is 0 Å². The molecule has 0 radical (unpaired) electrons. The number of benzene rings is 1. The van der Waals surface area contributed by atoms with Gasteiger partial charge in [-0.05, 0) is 24.1 Å². The number of halogens is 2. The van der Waals surface area contributed by atoms with Crippen molar-refractivity contribution in [3.63, 3.8) is 0 Å². The molecule has 0 aliphatic rings. The average molecular weight is 344 g/mol. The maximum Gasteiger partial charge on any atom is 0.107 e. The molecule has 2 nitrogen and oxygen atoms in total. The minimum Gasteiger partial charge on any atom is -0.396 e. The van der Waals surface area contributed by atoms with Crippen LogP contribution in [0.5, 0.6) is 0 Å². The van der Waals surface area contributed by atoms with E-state index in [0.29, 0.717) is 16.5 Å². The molecule has 0 fully saturated rings. The molecule has 116 valence electrons. The molecule has 0 saturated carbocycles. The van der Waals surface area contributed by atoms with Crippen molar-refractivity contribution in [3.8, 4) is 0 Å². The molecule has 0 bridgehead atoms. The second-order valence-electron chi connectivity index (χ2n) is 5.61. The minimum atomic E-state index is -1.55.